The van der Waals surface area contributed by atoms with Crippen molar-refractivity contribution in [3.63, 3.8) is 0 Å². The zero-order chi connectivity index (χ0) is 12.4. The fourth-order valence-corrected chi connectivity index (χ4v) is 3.17. The Morgan fingerprint density at radius 3 is 2.29 bits per heavy atom. The molecule has 0 bridgehead atoms. The maximum Gasteiger partial charge on any atom is 0.122 e. The Morgan fingerprint density at radius 1 is 1.06 bits per heavy atom. The molecule has 0 aromatic heterocycles. The zero-order valence-electron chi connectivity index (χ0n) is 11.0. The molecule has 1 nitrogen and oxygen atoms in total. The van der Waals surface area contributed by atoms with Crippen LogP contribution in [0.25, 0.3) is 0 Å². The van der Waals surface area contributed by atoms with Gasteiger partial charge in [-0.3, -0.25) is 0 Å². The molecule has 1 saturated carbocycles. The summed E-state index contributed by atoms with van der Waals surface area (Å²) in [6.45, 7) is 4.38. The Balaban J connectivity index is 2.24. The standard InChI is InChI=1S/C15H22OS/c1-10-11(2)15(16-3)9-8-14(10)12-4-6-13(17)7-5-12/h8-9,12-13,17H,4-7H2,1-3H3. The minimum absolute atomic E-state index is 0.617. The number of hydrogen-bond acceptors (Lipinski definition) is 2. The van der Waals surface area contributed by atoms with Crippen LogP contribution >= 0.6 is 12.6 Å². The first-order valence-electron chi connectivity index (χ1n) is 6.45. The number of thiol groups is 1. The molecular formula is C15H22OS. The van der Waals surface area contributed by atoms with E-state index in [0.29, 0.717) is 5.25 Å². The van der Waals surface area contributed by atoms with Gasteiger partial charge < -0.3 is 4.74 Å². The molecule has 1 aromatic carbocycles. The van der Waals surface area contributed by atoms with Crippen molar-refractivity contribution in [3.05, 3.63) is 28.8 Å². The van der Waals surface area contributed by atoms with E-state index in [4.69, 9.17) is 4.74 Å². The molecule has 0 N–H and O–H groups in total. The highest BCUT2D eigenvalue weighted by Gasteiger charge is 2.22. The lowest BCUT2D eigenvalue weighted by molar-refractivity contribution is 0.409. The molecule has 94 valence electrons. The predicted octanol–water partition coefficient (Wildman–Crippen LogP) is 4.27. The second-order valence-electron chi connectivity index (χ2n) is 5.11. The van der Waals surface area contributed by atoms with Crippen molar-refractivity contribution in [1.29, 1.82) is 0 Å². The van der Waals surface area contributed by atoms with E-state index in [2.05, 4.69) is 38.6 Å². The molecule has 0 unspecified atom stereocenters. The average molecular weight is 250 g/mol. The second kappa shape index (κ2) is 5.34. The van der Waals surface area contributed by atoms with Crippen LogP contribution in [-0.2, 0) is 0 Å². The van der Waals surface area contributed by atoms with Crippen molar-refractivity contribution in [3.8, 4) is 5.75 Å². The summed E-state index contributed by atoms with van der Waals surface area (Å²) in [7, 11) is 1.74. The quantitative estimate of drug-likeness (QED) is 0.771. The Bertz CT molecular complexity index is 392. The Hall–Kier alpha value is -0.630. The minimum Gasteiger partial charge on any atom is -0.496 e. The van der Waals surface area contributed by atoms with E-state index in [1.54, 1.807) is 7.11 Å². The molecule has 0 radical (unpaired) electrons. The van der Waals surface area contributed by atoms with E-state index in [9.17, 15) is 0 Å². The maximum absolute atomic E-state index is 5.37. The van der Waals surface area contributed by atoms with E-state index in [1.165, 1.54) is 42.4 Å². The third-order valence-electron chi connectivity index (χ3n) is 4.14. The summed E-state index contributed by atoms with van der Waals surface area (Å²) in [6.07, 6.45) is 5.05. The number of rotatable bonds is 2. The van der Waals surface area contributed by atoms with Crippen molar-refractivity contribution in [1.82, 2.24) is 0 Å². The van der Waals surface area contributed by atoms with Gasteiger partial charge in [-0.15, -0.1) is 0 Å². The Labute approximate surface area is 110 Å². The molecule has 0 atom stereocenters. The summed E-state index contributed by atoms with van der Waals surface area (Å²) in [4.78, 5) is 0. The highest BCUT2D eigenvalue weighted by Crippen LogP contribution is 2.38. The van der Waals surface area contributed by atoms with Gasteiger partial charge in [-0.1, -0.05) is 6.07 Å². The molecule has 0 saturated heterocycles. The van der Waals surface area contributed by atoms with Crippen molar-refractivity contribution in [2.75, 3.05) is 7.11 Å². The van der Waals surface area contributed by atoms with Crippen LogP contribution in [0.5, 0.6) is 5.75 Å². The van der Waals surface area contributed by atoms with E-state index >= 15 is 0 Å². The predicted molar refractivity (Wildman–Crippen MR) is 76.5 cm³/mol. The summed E-state index contributed by atoms with van der Waals surface area (Å²) >= 11 is 4.57. The second-order valence-corrected chi connectivity index (χ2v) is 5.84. The lowest BCUT2D eigenvalue weighted by atomic mass is 9.81. The first-order chi connectivity index (χ1) is 8.13. The molecule has 1 aromatic rings. The first-order valence-corrected chi connectivity index (χ1v) is 6.97. The number of hydrogen-bond donors (Lipinski definition) is 1. The summed E-state index contributed by atoms with van der Waals surface area (Å²) in [5.74, 6) is 1.73. The van der Waals surface area contributed by atoms with Crippen molar-refractivity contribution >= 4 is 12.6 Å². The van der Waals surface area contributed by atoms with Crippen LogP contribution in [0.15, 0.2) is 12.1 Å². The number of methoxy groups -OCH3 is 1. The smallest absolute Gasteiger partial charge is 0.122 e. The zero-order valence-corrected chi connectivity index (χ0v) is 11.9. The van der Waals surface area contributed by atoms with Gasteiger partial charge >= 0.3 is 0 Å². The van der Waals surface area contributed by atoms with E-state index in [0.717, 1.165) is 11.7 Å². The summed E-state index contributed by atoms with van der Waals surface area (Å²) in [6, 6.07) is 4.37. The van der Waals surface area contributed by atoms with Crippen LogP contribution in [0.2, 0.25) is 0 Å². The lowest BCUT2D eigenvalue weighted by Gasteiger charge is -2.28. The maximum atomic E-state index is 5.37. The monoisotopic (exact) mass is 250 g/mol. The fourth-order valence-electron chi connectivity index (χ4n) is 2.87. The molecular weight excluding hydrogens is 228 g/mol. The number of benzene rings is 1. The normalized spacial score (nSPS) is 24.7. The van der Waals surface area contributed by atoms with Crippen molar-refractivity contribution in [2.45, 2.75) is 50.7 Å². The third kappa shape index (κ3) is 2.62. The number of ether oxygens (including phenoxy) is 1. The summed E-state index contributed by atoms with van der Waals surface area (Å²) in [5, 5.41) is 0.617. The van der Waals surface area contributed by atoms with Crippen molar-refractivity contribution < 1.29 is 4.74 Å². The van der Waals surface area contributed by atoms with Crippen LogP contribution in [0.4, 0.5) is 0 Å². The largest absolute Gasteiger partial charge is 0.496 e. The summed E-state index contributed by atoms with van der Waals surface area (Å²) in [5.41, 5.74) is 4.22. The van der Waals surface area contributed by atoms with Crippen LogP contribution in [-0.4, -0.2) is 12.4 Å². The van der Waals surface area contributed by atoms with Gasteiger partial charge in [0, 0.05) is 5.25 Å². The van der Waals surface area contributed by atoms with Crippen LogP contribution in [0.3, 0.4) is 0 Å². The molecule has 0 aliphatic heterocycles. The molecule has 0 spiro atoms. The first kappa shape index (κ1) is 12.8. The van der Waals surface area contributed by atoms with E-state index in [1.807, 2.05) is 0 Å². The van der Waals surface area contributed by atoms with Gasteiger partial charge in [-0.25, -0.2) is 0 Å². The van der Waals surface area contributed by atoms with Gasteiger partial charge in [0.1, 0.15) is 5.75 Å². The lowest BCUT2D eigenvalue weighted by Crippen LogP contribution is -2.14. The fraction of sp³-hybridized carbons (Fsp3) is 0.600. The molecule has 0 amide bonds. The Morgan fingerprint density at radius 2 is 1.71 bits per heavy atom. The average Bonchev–Trinajstić information content (AvgIpc) is 2.34. The van der Waals surface area contributed by atoms with Crippen LogP contribution in [0.1, 0.15) is 48.3 Å². The minimum atomic E-state index is 0.617. The molecule has 2 rings (SSSR count). The van der Waals surface area contributed by atoms with E-state index in [-0.39, 0.29) is 0 Å². The highest BCUT2D eigenvalue weighted by atomic mass is 32.1. The van der Waals surface area contributed by atoms with Gasteiger partial charge in [0.05, 0.1) is 7.11 Å². The van der Waals surface area contributed by atoms with Gasteiger partial charge in [-0.05, 0) is 68.2 Å². The molecule has 1 fully saturated rings. The van der Waals surface area contributed by atoms with Gasteiger partial charge in [0.25, 0.3) is 0 Å². The van der Waals surface area contributed by atoms with Gasteiger partial charge in [0.2, 0.25) is 0 Å². The van der Waals surface area contributed by atoms with E-state index < -0.39 is 0 Å². The topological polar surface area (TPSA) is 9.23 Å². The van der Waals surface area contributed by atoms with Crippen molar-refractivity contribution in [2.24, 2.45) is 0 Å². The molecule has 17 heavy (non-hydrogen) atoms. The van der Waals surface area contributed by atoms with Gasteiger partial charge in [0.15, 0.2) is 0 Å². The van der Waals surface area contributed by atoms with Gasteiger partial charge in [-0.2, -0.15) is 12.6 Å². The van der Waals surface area contributed by atoms with Crippen LogP contribution in [0, 0.1) is 13.8 Å². The van der Waals surface area contributed by atoms with Crippen LogP contribution < -0.4 is 4.74 Å². The molecule has 1 aliphatic rings. The SMILES string of the molecule is COc1ccc(C2CCC(S)CC2)c(C)c1C. The Kier molecular flexibility index (Phi) is 4.03. The highest BCUT2D eigenvalue weighted by molar-refractivity contribution is 7.80. The third-order valence-corrected chi connectivity index (χ3v) is 4.65. The summed E-state index contributed by atoms with van der Waals surface area (Å²) < 4.78 is 5.37. The molecule has 1 aliphatic carbocycles. The molecule has 0 heterocycles. The molecule has 2 heteroatoms.